The zero-order chi connectivity index (χ0) is 19.4. The third-order valence-corrected chi connectivity index (χ3v) is 4.98. The van der Waals surface area contributed by atoms with E-state index in [1.807, 2.05) is 25.1 Å². The van der Waals surface area contributed by atoms with Crippen molar-refractivity contribution in [2.24, 2.45) is 0 Å². The Hall–Kier alpha value is -2.86. The van der Waals surface area contributed by atoms with Gasteiger partial charge in [-0.05, 0) is 55.3 Å². The summed E-state index contributed by atoms with van der Waals surface area (Å²) in [5.41, 5.74) is 4.64. The molecule has 1 heterocycles. The molecule has 0 saturated carbocycles. The van der Waals surface area contributed by atoms with Crippen molar-refractivity contribution in [1.29, 1.82) is 0 Å². The molecule has 2 aromatic carbocycles. The van der Waals surface area contributed by atoms with Gasteiger partial charge in [-0.2, -0.15) is 0 Å². The number of amides is 2. The summed E-state index contributed by atoms with van der Waals surface area (Å²) in [6.45, 7) is 5.56. The predicted molar refractivity (Wildman–Crippen MR) is 111 cm³/mol. The van der Waals surface area contributed by atoms with Crippen LogP contribution in [0.1, 0.15) is 18.1 Å². The quantitative estimate of drug-likeness (QED) is 0.639. The highest BCUT2D eigenvalue weighted by molar-refractivity contribution is 7.99. The van der Waals surface area contributed by atoms with Gasteiger partial charge in [-0.25, -0.2) is 4.98 Å². The minimum Gasteiger partial charge on any atom is -0.326 e. The summed E-state index contributed by atoms with van der Waals surface area (Å²) < 4.78 is 0. The van der Waals surface area contributed by atoms with E-state index in [9.17, 15) is 9.59 Å². The van der Waals surface area contributed by atoms with E-state index in [0.29, 0.717) is 11.4 Å². The molecule has 2 N–H and O–H groups in total. The molecule has 0 spiro atoms. The van der Waals surface area contributed by atoms with Crippen LogP contribution >= 0.6 is 11.8 Å². The number of hydrogen-bond acceptors (Lipinski definition) is 4. The van der Waals surface area contributed by atoms with Gasteiger partial charge in [0.2, 0.25) is 11.8 Å². The Labute approximate surface area is 162 Å². The van der Waals surface area contributed by atoms with Crippen LogP contribution in [-0.2, 0) is 9.59 Å². The molecule has 0 unspecified atom stereocenters. The Morgan fingerprint density at radius 3 is 2.30 bits per heavy atom. The van der Waals surface area contributed by atoms with Crippen LogP contribution in [0.5, 0.6) is 0 Å². The van der Waals surface area contributed by atoms with Crippen LogP contribution < -0.4 is 10.6 Å². The highest BCUT2D eigenvalue weighted by Gasteiger charge is 2.08. The van der Waals surface area contributed by atoms with Crippen LogP contribution in [0.2, 0.25) is 0 Å². The second-order valence-electron chi connectivity index (χ2n) is 6.34. The van der Waals surface area contributed by atoms with E-state index >= 15 is 0 Å². The van der Waals surface area contributed by atoms with Crippen molar-refractivity contribution in [2.75, 3.05) is 16.4 Å². The van der Waals surface area contributed by atoms with E-state index in [1.165, 1.54) is 18.7 Å². The minimum atomic E-state index is -0.128. The van der Waals surface area contributed by atoms with Crippen LogP contribution in [0.25, 0.3) is 10.9 Å². The molecule has 0 fully saturated rings. The summed E-state index contributed by atoms with van der Waals surface area (Å²) in [6, 6.07) is 15.2. The highest BCUT2D eigenvalue weighted by Crippen LogP contribution is 2.25. The topological polar surface area (TPSA) is 71.1 Å². The number of nitrogens with one attached hydrogen (secondary N) is 2. The molecule has 5 nitrogen and oxygen atoms in total. The fourth-order valence-electron chi connectivity index (χ4n) is 2.78. The molecule has 3 aromatic rings. The first-order chi connectivity index (χ1) is 12.9. The number of nitrogens with zero attached hydrogens (tertiary/aromatic N) is 1. The fourth-order valence-corrected chi connectivity index (χ4v) is 3.55. The molecule has 0 radical (unpaired) electrons. The standard InChI is InChI=1S/C21H21N3O2S/c1-13-5-4-6-18-14(2)11-20(24-21(13)18)27-12-19(26)23-17-9-7-16(8-10-17)22-15(3)25/h4-11H,12H2,1-3H3,(H,22,25)(H,23,26). The molecule has 0 aliphatic heterocycles. The Morgan fingerprint density at radius 1 is 0.963 bits per heavy atom. The summed E-state index contributed by atoms with van der Waals surface area (Å²) in [6.07, 6.45) is 0. The SMILES string of the molecule is CC(=O)Nc1ccc(NC(=O)CSc2cc(C)c3cccc(C)c3n2)cc1. The Balaban J connectivity index is 1.63. The van der Waals surface area contributed by atoms with Crippen molar-refractivity contribution < 1.29 is 9.59 Å². The van der Waals surface area contributed by atoms with Crippen LogP contribution in [0.15, 0.2) is 53.6 Å². The first-order valence-electron chi connectivity index (χ1n) is 8.59. The Bertz CT molecular complexity index is 1000. The van der Waals surface area contributed by atoms with Crippen LogP contribution in [0.3, 0.4) is 0 Å². The smallest absolute Gasteiger partial charge is 0.234 e. The Kier molecular flexibility index (Phi) is 5.76. The lowest BCUT2D eigenvalue weighted by atomic mass is 10.1. The lowest BCUT2D eigenvalue weighted by Gasteiger charge is -2.09. The number of para-hydroxylation sites is 1. The van der Waals surface area contributed by atoms with Crippen molar-refractivity contribution in [3.05, 3.63) is 59.7 Å². The van der Waals surface area contributed by atoms with Gasteiger partial charge >= 0.3 is 0 Å². The maximum Gasteiger partial charge on any atom is 0.234 e. The molecule has 2 amide bonds. The van der Waals surface area contributed by atoms with Gasteiger partial charge in [0.1, 0.15) is 0 Å². The molecular weight excluding hydrogens is 358 g/mol. The van der Waals surface area contributed by atoms with Gasteiger partial charge in [0.25, 0.3) is 0 Å². The maximum atomic E-state index is 12.2. The average Bonchev–Trinajstić information content (AvgIpc) is 2.62. The minimum absolute atomic E-state index is 0.100. The summed E-state index contributed by atoms with van der Waals surface area (Å²) in [5, 5.41) is 7.53. The normalized spacial score (nSPS) is 10.6. The number of thioether (sulfide) groups is 1. The van der Waals surface area contributed by atoms with E-state index in [0.717, 1.165) is 27.1 Å². The monoisotopic (exact) mass is 379 g/mol. The van der Waals surface area contributed by atoms with Gasteiger partial charge in [-0.1, -0.05) is 30.0 Å². The second kappa shape index (κ2) is 8.22. The zero-order valence-corrected chi connectivity index (χ0v) is 16.3. The maximum absolute atomic E-state index is 12.2. The van der Waals surface area contributed by atoms with Crippen molar-refractivity contribution in [1.82, 2.24) is 4.98 Å². The number of aromatic nitrogens is 1. The van der Waals surface area contributed by atoms with E-state index < -0.39 is 0 Å². The summed E-state index contributed by atoms with van der Waals surface area (Å²) >= 11 is 1.42. The molecule has 0 bridgehead atoms. The molecule has 0 saturated heterocycles. The van der Waals surface area contributed by atoms with E-state index in [4.69, 9.17) is 4.98 Å². The van der Waals surface area contributed by atoms with Gasteiger partial charge in [0.15, 0.2) is 0 Å². The van der Waals surface area contributed by atoms with E-state index in [1.54, 1.807) is 24.3 Å². The number of aryl methyl sites for hydroxylation is 2. The number of benzene rings is 2. The lowest BCUT2D eigenvalue weighted by molar-refractivity contribution is -0.114. The largest absolute Gasteiger partial charge is 0.326 e. The molecule has 0 atom stereocenters. The number of anilines is 2. The average molecular weight is 379 g/mol. The molecular formula is C21H21N3O2S. The molecule has 3 rings (SSSR count). The van der Waals surface area contributed by atoms with Crippen molar-refractivity contribution in [2.45, 2.75) is 25.8 Å². The third-order valence-electron chi connectivity index (χ3n) is 4.06. The summed E-state index contributed by atoms with van der Waals surface area (Å²) in [7, 11) is 0. The van der Waals surface area contributed by atoms with Crippen molar-refractivity contribution >= 4 is 45.9 Å². The number of rotatable bonds is 5. The number of carbonyl (C=O) groups excluding carboxylic acids is 2. The first kappa shape index (κ1) is 18.9. The molecule has 0 aliphatic rings. The van der Waals surface area contributed by atoms with Gasteiger partial charge in [0, 0.05) is 23.7 Å². The van der Waals surface area contributed by atoms with Crippen molar-refractivity contribution in [3.63, 3.8) is 0 Å². The van der Waals surface area contributed by atoms with Crippen LogP contribution in [0.4, 0.5) is 11.4 Å². The third kappa shape index (κ3) is 4.86. The number of hydrogen-bond donors (Lipinski definition) is 2. The van der Waals surface area contributed by atoms with E-state index in [2.05, 4.69) is 23.6 Å². The second-order valence-corrected chi connectivity index (χ2v) is 7.34. The Morgan fingerprint density at radius 2 is 1.63 bits per heavy atom. The summed E-state index contributed by atoms with van der Waals surface area (Å²) in [4.78, 5) is 28.0. The highest BCUT2D eigenvalue weighted by atomic mass is 32.2. The summed E-state index contributed by atoms with van der Waals surface area (Å²) in [5.74, 6) is 0.0466. The molecule has 27 heavy (non-hydrogen) atoms. The molecule has 0 aliphatic carbocycles. The lowest BCUT2D eigenvalue weighted by Crippen LogP contribution is -2.14. The van der Waals surface area contributed by atoms with Crippen LogP contribution in [-0.4, -0.2) is 22.6 Å². The van der Waals surface area contributed by atoms with E-state index in [-0.39, 0.29) is 17.6 Å². The number of fused-ring (bicyclic) bond motifs is 1. The number of carbonyl (C=O) groups is 2. The molecule has 6 heteroatoms. The fraction of sp³-hybridized carbons (Fsp3) is 0.190. The van der Waals surface area contributed by atoms with Gasteiger partial charge in [-0.3, -0.25) is 9.59 Å². The van der Waals surface area contributed by atoms with Gasteiger partial charge in [0.05, 0.1) is 16.3 Å². The van der Waals surface area contributed by atoms with Crippen LogP contribution in [0, 0.1) is 13.8 Å². The van der Waals surface area contributed by atoms with Gasteiger partial charge < -0.3 is 10.6 Å². The molecule has 138 valence electrons. The first-order valence-corrected chi connectivity index (χ1v) is 9.58. The van der Waals surface area contributed by atoms with Crippen molar-refractivity contribution in [3.8, 4) is 0 Å². The number of pyridine rings is 1. The zero-order valence-electron chi connectivity index (χ0n) is 15.5. The van der Waals surface area contributed by atoms with Gasteiger partial charge in [-0.15, -0.1) is 0 Å². The molecule has 1 aromatic heterocycles. The predicted octanol–water partition coefficient (Wildman–Crippen LogP) is 4.54.